The number of aryl methyl sites for hydroxylation is 2. The van der Waals surface area contributed by atoms with E-state index in [4.69, 9.17) is 21.3 Å². The van der Waals surface area contributed by atoms with Crippen molar-refractivity contribution in [2.45, 2.75) is 32.7 Å². The second kappa shape index (κ2) is 10.3. The molecular weight excluding hydrogens is 569 g/mol. The fourth-order valence-electron chi connectivity index (χ4n) is 6.23. The van der Waals surface area contributed by atoms with Crippen LogP contribution in [0.25, 0.3) is 17.5 Å². The number of hydrogen-bond donors (Lipinski definition) is 0. The van der Waals surface area contributed by atoms with Gasteiger partial charge in [0.15, 0.2) is 4.80 Å². The second-order valence-electron chi connectivity index (χ2n) is 10.7. The minimum atomic E-state index is -0.473. The van der Waals surface area contributed by atoms with E-state index in [2.05, 4.69) is 24.3 Å². The lowest BCUT2D eigenvalue weighted by Gasteiger charge is -2.31. The van der Waals surface area contributed by atoms with Crippen LogP contribution in [0, 0.1) is 19.7 Å². The summed E-state index contributed by atoms with van der Waals surface area (Å²) in [6, 6.07) is 22.8. The zero-order valence-electron chi connectivity index (χ0n) is 23.3. The van der Waals surface area contributed by atoms with Crippen LogP contribution >= 0.6 is 22.9 Å². The summed E-state index contributed by atoms with van der Waals surface area (Å²) in [5, 5.41) is 0.0819. The number of ether oxygens (including phenoxy) is 1. The Morgan fingerprint density at radius 1 is 1.05 bits per heavy atom. The summed E-state index contributed by atoms with van der Waals surface area (Å²) in [5.74, 6) is 0.274. The molecule has 0 saturated carbocycles. The maximum Gasteiger partial charge on any atom is 0.271 e. The third kappa shape index (κ3) is 4.27. The minimum Gasteiger partial charge on any atom is -0.497 e. The third-order valence-corrected chi connectivity index (χ3v) is 9.49. The van der Waals surface area contributed by atoms with E-state index in [1.165, 1.54) is 23.0 Å². The highest BCUT2D eigenvalue weighted by Crippen LogP contribution is 2.41. The monoisotopic (exact) mass is 595 g/mol. The molecule has 1 atom stereocenters. The van der Waals surface area contributed by atoms with Crippen LogP contribution in [0.2, 0.25) is 5.02 Å². The molecule has 0 radical (unpaired) electrons. The number of nitrogens with zero attached hydrogens (tertiary/aromatic N) is 3. The van der Waals surface area contributed by atoms with Crippen molar-refractivity contribution in [2.24, 2.45) is 4.99 Å². The Morgan fingerprint density at radius 2 is 1.88 bits per heavy atom. The summed E-state index contributed by atoms with van der Waals surface area (Å²) in [7, 11) is 1.65. The summed E-state index contributed by atoms with van der Waals surface area (Å²) in [6.45, 7) is 3.93. The summed E-state index contributed by atoms with van der Waals surface area (Å²) < 4.78 is 24.2. The summed E-state index contributed by atoms with van der Waals surface area (Å²) in [6.07, 6.45) is 3.64. The highest BCUT2D eigenvalue weighted by molar-refractivity contribution is 7.07. The van der Waals surface area contributed by atoms with Crippen LogP contribution in [-0.4, -0.2) is 16.2 Å². The van der Waals surface area contributed by atoms with Crippen LogP contribution in [-0.2, 0) is 6.42 Å². The quantitative estimate of drug-likeness (QED) is 0.237. The molecule has 7 rings (SSSR count). The number of fused-ring (bicyclic) bond motifs is 3. The summed E-state index contributed by atoms with van der Waals surface area (Å²) in [4.78, 5) is 20.0. The number of aromatic nitrogens is 2. The molecule has 0 spiro atoms. The second-order valence-corrected chi connectivity index (χ2v) is 12.1. The molecule has 0 N–H and O–H groups in total. The Hall–Kier alpha value is -4.20. The maximum absolute atomic E-state index is 14.3. The maximum atomic E-state index is 14.3. The molecule has 8 heteroatoms. The molecule has 1 aliphatic heterocycles. The first-order valence-electron chi connectivity index (χ1n) is 13.8. The van der Waals surface area contributed by atoms with Gasteiger partial charge in [0, 0.05) is 22.6 Å². The van der Waals surface area contributed by atoms with E-state index >= 15 is 0 Å². The van der Waals surface area contributed by atoms with Crippen molar-refractivity contribution in [1.29, 1.82) is 0 Å². The zero-order valence-corrected chi connectivity index (χ0v) is 24.9. The molecule has 3 aromatic carbocycles. The van der Waals surface area contributed by atoms with Gasteiger partial charge >= 0.3 is 0 Å². The van der Waals surface area contributed by atoms with E-state index in [1.54, 1.807) is 19.2 Å². The Bertz CT molecular complexity index is 2120. The van der Waals surface area contributed by atoms with Gasteiger partial charge in [-0.05, 0) is 91.4 Å². The van der Waals surface area contributed by atoms with Gasteiger partial charge in [-0.25, -0.2) is 9.38 Å². The molecule has 2 aliphatic rings. The van der Waals surface area contributed by atoms with Crippen molar-refractivity contribution in [2.75, 3.05) is 7.11 Å². The Labute approximate surface area is 251 Å². The lowest BCUT2D eigenvalue weighted by Crippen LogP contribution is -2.38. The van der Waals surface area contributed by atoms with Gasteiger partial charge in [-0.3, -0.25) is 9.36 Å². The standard InChI is InChI=1S/C34H27ClFN3O2S/c1-19-15-23(20(2)38(19)24-12-14-28(35)29(36)18-24)17-30-33(40)39-32(22-8-6-9-25(16-22)41-3)27-13-11-21-7-4-5-10-26(21)31(27)37-34(39)42-30/h4-10,12,14-18,32H,11,13H2,1-3H3/b30-17-/t32-/m1/s1. The van der Waals surface area contributed by atoms with Gasteiger partial charge < -0.3 is 9.30 Å². The van der Waals surface area contributed by atoms with E-state index in [1.807, 2.05) is 59.4 Å². The molecule has 42 heavy (non-hydrogen) atoms. The normalized spacial score (nSPS) is 16.1. The number of halogens is 2. The van der Waals surface area contributed by atoms with E-state index in [0.29, 0.717) is 15.0 Å². The van der Waals surface area contributed by atoms with Gasteiger partial charge in [0.1, 0.15) is 11.6 Å². The van der Waals surface area contributed by atoms with Gasteiger partial charge in [-0.2, -0.15) is 0 Å². The summed E-state index contributed by atoms with van der Waals surface area (Å²) >= 11 is 7.32. The smallest absolute Gasteiger partial charge is 0.271 e. The molecule has 3 heterocycles. The average molecular weight is 596 g/mol. The lowest BCUT2D eigenvalue weighted by molar-refractivity contribution is 0.413. The fourth-order valence-corrected chi connectivity index (χ4v) is 7.34. The minimum absolute atomic E-state index is 0.0819. The fraction of sp³-hybridized carbons (Fsp3) is 0.176. The molecular formula is C34H27ClFN3O2S. The van der Waals surface area contributed by atoms with E-state index in [0.717, 1.165) is 57.9 Å². The van der Waals surface area contributed by atoms with E-state index in [-0.39, 0.29) is 16.6 Å². The molecule has 0 amide bonds. The first-order chi connectivity index (χ1) is 20.3. The van der Waals surface area contributed by atoms with Crippen molar-refractivity contribution in [3.05, 3.63) is 143 Å². The molecule has 0 fully saturated rings. The van der Waals surface area contributed by atoms with Crippen LogP contribution in [0.5, 0.6) is 5.75 Å². The van der Waals surface area contributed by atoms with E-state index in [9.17, 15) is 9.18 Å². The molecule has 2 aromatic heterocycles. The highest BCUT2D eigenvalue weighted by Gasteiger charge is 2.32. The Kier molecular flexibility index (Phi) is 6.52. The molecule has 0 saturated heterocycles. The van der Waals surface area contributed by atoms with Crippen LogP contribution in [0.4, 0.5) is 4.39 Å². The van der Waals surface area contributed by atoms with Crippen LogP contribution in [0.15, 0.2) is 88.2 Å². The van der Waals surface area contributed by atoms with Crippen molar-refractivity contribution in [1.82, 2.24) is 9.13 Å². The molecule has 0 bridgehead atoms. The first kappa shape index (κ1) is 26.7. The molecule has 0 unspecified atom stereocenters. The average Bonchev–Trinajstić information content (AvgIpc) is 3.46. The Balaban J connectivity index is 1.43. The SMILES string of the molecule is COc1cccc([C@@H]2C3=C(N=c4s/c(=C\c5cc(C)n(-c6ccc(Cl)c(F)c6)c5C)c(=O)n42)c2ccccc2CC3)c1. The predicted molar refractivity (Wildman–Crippen MR) is 166 cm³/mol. The van der Waals surface area contributed by atoms with Gasteiger partial charge in [0.25, 0.3) is 5.56 Å². The van der Waals surface area contributed by atoms with E-state index < -0.39 is 5.82 Å². The van der Waals surface area contributed by atoms with Gasteiger partial charge in [-0.15, -0.1) is 0 Å². The molecule has 1 aliphatic carbocycles. The van der Waals surface area contributed by atoms with Crippen molar-refractivity contribution < 1.29 is 9.13 Å². The number of benzene rings is 3. The number of rotatable bonds is 4. The predicted octanol–water partition coefficient (Wildman–Crippen LogP) is 6.53. The zero-order chi connectivity index (χ0) is 29.1. The molecule has 5 nitrogen and oxygen atoms in total. The number of thiazole rings is 1. The van der Waals surface area contributed by atoms with Gasteiger partial charge in [0.05, 0.1) is 28.4 Å². The lowest BCUT2D eigenvalue weighted by atomic mass is 9.83. The van der Waals surface area contributed by atoms with Crippen LogP contribution in [0.1, 0.15) is 46.1 Å². The molecule has 210 valence electrons. The number of allylic oxidation sites excluding steroid dienone is 1. The number of methoxy groups -OCH3 is 1. The van der Waals surface area contributed by atoms with Gasteiger partial charge in [-0.1, -0.05) is 59.3 Å². The van der Waals surface area contributed by atoms with Crippen molar-refractivity contribution in [3.63, 3.8) is 0 Å². The largest absolute Gasteiger partial charge is 0.497 e. The topological polar surface area (TPSA) is 48.5 Å². The molecule has 5 aromatic rings. The number of hydrogen-bond acceptors (Lipinski definition) is 4. The summed E-state index contributed by atoms with van der Waals surface area (Å²) in [5.41, 5.74) is 8.80. The van der Waals surface area contributed by atoms with Gasteiger partial charge in [0.2, 0.25) is 0 Å². The third-order valence-electron chi connectivity index (χ3n) is 8.20. The van der Waals surface area contributed by atoms with Crippen LogP contribution < -0.4 is 19.6 Å². The van der Waals surface area contributed by atoms with Crippen molar-refractivity contribution in [3.8, 4) is 11.4 Å². The van der Waals surface area contributed by atoms with Crippen LogP contribution in [0.3, 0.4) is 0 Å². The first-order valence-corrected chi connectivity index (χ1v) is 14.9. The highest BCUT2D eigenvalue weighted by atomic mass is 35.5. The van der Waals surface area contributed by atoms with Crippen molar-refractivity contribution >= 4 is 34.7 Å². The Morgan fingerprint density at radius 3 is 2.69 bits per heavy atom.